The molecule has 0 unspecified atom stereocenters. The lowest BCUT2D eigenvalue weighted by molar-refractivity contribution is 0.128. The van der Waals surface area contributed by atoms with Gasteiger partial charge in [-0.15, -0.1) is 0 Å². The summed E-state index contributed by atoms with van der Waals surface area (Å²) >= 11 is 6.29. The summed E-state index contributed by atoms with van der Waals surface area (Å²) in [6.45, 7) is 2.02. The Hall–Kier alpha value is -3.04. The van der Waals surface area contributed by atoms with Crippen LogP contribution in [0.25, 0.3) is 33.5 Å². The summed E-state index contributed by atoms with van der Waals surface area (Å²) in [5.74, 6) is 0.409. The first-order chi connectivity index (χ1) is 15.0. The summed E-state index contributed by atoms with van der Waals surface area (Å²) in [6, 6.07) is 3.75. The SMILES string of the molecule is C[C@H](O)CNc1nccc(-c2cn(C3CC(F)C3)nc2-c2cnc3[nH]cc(Cl)c3c2)n1. The average molecular weight is 442 g/mol. The molecule has 8 nitrogen and oxygen atoms in total. The van der Waals surface area contributed by atoms with E-state index in [-0.39, 0.29) is 6.04 Å². The van der Waals surface area contributed by atoms with E-state index < -0.39 is 12.3 Å². The number of fused-ring (bicyclic) bond motifs is 1. The van der Waals surface area contributed by atoms with Crippen LogP contribution in [0.4, 0.5) is 10.3 Å². The number of H-pyrrole nitrogens is 1. The molecule has 31 heavy (non-hydrogen) atoms. The van der Waals surface area contributed by atoms with Crippen LogP contribution in [0.5, 0.6) is 0 Å². The van der Waals surface area contributed by atoms with Gasteiger partial charge in [-0.3, -0.25) is 4.68 Å². The zero-order chi connectivity index (χ0) is 21.5. The Kier molecular flexibility index (Phi) is 5.07. The van der Waals surface area contributed by atoms with Crippen molar-refractivity contribution < 1.29 is 9.50 Å². The van der Waals surface area contributed by atoms with Crippen LogP contribution < -0.4 is 5.32 Å². The standard InChI is InChI=1S/C21H21ClFN7O/c1-11(31)7-27-21-24-3-2-18(28-21)16-10-30(14-5-13(23)6-14)29-19(16)12-4-15-17(22)9-26-20(15)25-8-12/h2-4,8-11,13-14,31H,5-7H2,1H3,(H,25,26)(H,24,27,28)/t11-,13?,14?/m0/s1. The maximum absolute atomic E-state index is 13.5. The second-order valence-electron chi connectivity index (χ2n) is 7.85. The number of rotatable bonds is 6. The Labute approximate surface area is 182 Å². The highest BCUT2D eigenvalue weighted by Gasteiger charge is 2.32. The van der Waals surface area contributed by atoms with Gasteiger partial charge in [-0.1, -0.05) is 11.6 Å². The first kappa shape index (κ1) is 19.9. The smallest absolute Gasteiger partial charge is 0.223 e. The summed E-state index contributed by atoms with van der Waals surface area (Å²) in [5.41, 5.74) is 3.63. The van der Waals surface area contributed by atoms with E-state index >= 15 is 0 Å². The first-order valence-corrected chi connectivity index (χ1v) is 10.5. The van der Waals surface area contributed by atoms with Crippen molar-refractivity contribution in [3.8, 4) is 22.5 Å². The number of alkyl halides is 1. The van der Waals surface area contributed by atoms with Crippen LogP contribution in [-0.4, -0.2) is 53.6 Å². The fraction of sp³-hybridized carbons (Fsp3) is 0.333. The summed E-state index contributed by atoms with van der Waals surface area (Å²) in [7, 11) is 0. The molecule has 10 heteroatoms. The largest absolute Gasteiger partial charge is 0.392 e. The Bertz CT molecular complexity index is 1230. The molecule has 0 bridgehead atoms. The van der Waals surface area contributed by atoms with E-state index in [0.717, 1.165) is 16.5 Å². The highest BCUT2D eigenvalue weighted by Crippen LogP contribution is 2.38. The molecule has 0 aliphatic heterocycles. The number of hydrogen-bond acceptors (Lipinski definition) is 6. The first-order valence-electron chi connectivity index (χ1n) is 10.1. The van der Waals surface area contributed by atoms with Crippen molar-refractivity contribution in [2.24, 2.45) is 0 Å². The van der Waals surface area contributed by atoms with Crippen molar-refractivity contribution in [3.05, 3.63) is 41.9 Å². The minimum atomic E-state index is -0.784. The quantitative estimate of drug-likeness (QED) is 0.417. The van der Waals surface area contributed by atoms with Gasteiger partial charge in [-0.25, -0.2) is 19.3 Å². The van der Waals surface area contributed by atoms with Gasteiger partial charge in [-0.2, -0.15) is 5.10 Å². The molecule has 1 saturated carbocycles. The van der Waals surface area contributed by atoms with E-state index in [2.05, 4.69) is 25.3 Å². The topological polar surface area (TPSA) is 105 Å². The fourth-order valence-corrected chi connectivity index (χ4v) is 3.85. The van der Waals surface area contributed by atoms with E-state index in [0.29, 0.717) is 47.4 Å². The number of nitrogens with zero attached hydrogens (tertiary/aromatic N) is 5. The molecule has 0 spiro atoms. The minimum absolute atomic E-state index is 0.0182. The van der Waals surface area contributed by atoms with Crippen molar-refractivity contribution in [1.29, 1.82) is 0 Å². The highest BCUT2D eigenvalue weighted by molar-refractivity contribution is 6.35. The molecule has 1 aliphatic carbocycles. The molecule has 0 saturated heterocycles. The summed E-state index contributed by atoms with van der Waals surface area (Å²) < 4.78 is 15.3. The molecule has 1 atom stereocenters. The van der Waals surface area contributed by atoms with Gasteiger partial charge in [-0.05, 0) is 19.1 Å². The van der Waals surface area contributed by atoms with Crippen LogP contribution in [0, 0.1) is 0 Å². The van der Waals surface area contributed by atoms with E-state index in [1.165, 1.54) is 0 Å². The van der Waals surface area contributed by atoms with Gasteiger partial charge in [0.2, 0.25) is 5.95 Å². The van der Waals surface area contributed by atoms with Crippen LogP contribution in [0.15, 0.2) is 36.9 Å². The number of aliphatic hydroxyl groups is 1. The van der Waals surface area contributed by atoms with Crippen LogP contribution in [-0.2, 0) is 0 Å². The normalized spacial score (nSPS) is 19.4. The third-order valence-corrected chi connectivity index (χ3v) is 5.72. The van der Waals surface area contributed by atoms with Crippen molar-refractivity contribution >= 4 is 28.6 Å². The lowest BCUT2D eigenvalue weighted by atomic mass is 9.91. The number of aliphatic hydroxyl groups excluding tert-OH is 1. The zero-order valence-electron chi connectivity index (χ0n) is 16.8. The van der Waals surface area contributed by atoms with Gasteiger partial charge in [0, 0.05) is 60.7 Å². The number of aromatic nitrogens is 6. The Morgan fingerprint density at radius 2 is 2.23 bits per heavy atom. The number of aromatic amines is 1. The zero-order valence-corrected chi connectivity index (χ0v) is 17.5. The fourth-order valence-electron chi connectivity index (χ4n) is 3.65. The van der Waals surface area contributed by atoms with Crippen molar-refractivity contribution in [2.45, 2.75) is 38.1 Å². The van der Waals surface area contributed by atoms with Gasteiger partial charge in [0.1, 0.15) is 17.5 Å². The Morgan fingerprint density at radius 3 is 3.00 bits per heavy atom. The third-order valence-electron chi connectivity index (χ3n) is 5.40. The van der Waals surface area contributed by atoms with Crippen LogP contribution in [0.2, 0.25) is 5.02 Å². The van der Waals surface area contributed by atoms with Crippen LogP contribution >= 0.6 is 11.6 Å². The molecule has 0 amide bonds. The van der Waals surface area contributed by atoms with Gasteiger partial charge in [0.05, 0.1) is 22.9 Å². The van der Waals surface area contributed by atoms with Gasteiger partial charge in [0.15, 0.2) is 0 Å². The molecule has 0 aromatic carbocycles. The Morgan fingerprint density at radius 1 is 1.39 bits per heavy atom. The summed E-state index contributed by atoms with van der Waals surface area (Å²) in [6.07, 6.45) is 6.57. The number of hydrogen-bond donors (Lipinski definition) is 3. The molecule has 4 aromatic rings. The van der Waals surface area contributed by atoms with Crippen molar-refractivity contribution in [2.75, 3.05) is 11.9 Å². The summed E-state index contributed by atoms with van der Waals surface area (Å²) in [4.78, 5) is 16.3. The minimum Gasteiger partial charge on any atom is -0.392 e. The van der Waals surface area contributed by atoms with Crippen LogP contribution in [0.3, 0.4) is 0 Å². The molecule has 4 heterocycles. The third kappa shape index (κ3) is 3.86. The number of halogens is 2. The molecule has 4 aromatic heterocycles. The molecule has 1 fully saturated rings. The molecular formula is C21H21ClFN7O. The molecule has 1 aliphatic rings. The lowest BCUT2D eigenvalue weighted by Crippen LogP contribution is -2.28. The Balaban J connectivity index is 1.58. The van der Waals surface area contributed by atoms with E-state index in [9.17, 15) is 9.50 Å². The number of anilines is 1. The second-order valence-corrected chi connectivity index (χ2v) is 8.25. The van der Waals surface area contributed by atoms with Crippen molar-refractivity contribution in [3.63, 3.8) is 0 Å². The molecular weight excluding hydrogens is 421 g/mol. The average Bonchev–Trinajstić information content (AvgIpc) is 3.34. The lowest BCUT2D eigenvalue weighted by Gasteiger charge is -2.29. The van der Waals surface area contributed by atoms with E-state index in [4.69, 9.17) is 16.7 Å². The van der Waals surface area contributed by atoms with E-state index in [1.807, 2.05) is 16.9 Å². The van der Waals surface area contributed by atoms with Gasteiger partial charge >= 0.3 is 0 Å². The van der Waals surface area contributed by atoms with Gasteiger partial charge in [0.25, 0.3) is 0 Å². The summed E-state index contributed by atoms with van der Waals surface area (Å²) in [5, 5.41) is 18.7. The van der Waals surface area contributed by atoms with Crippen LogP contribution in [0.1, 0.15) is 25.8 Å². The number of pyridine rings is 1. The molecule has 5 rings (SSSR count). The predicted molar refractivity (Wildman–Crippen MR) is 117 cm³/mol. The molecule has 3 N–H and O–H groups in total. The van der Waals surface area contributed by atoms with Gasteiger partial charge < -0.3 is 15.4 Å². The predicted octanol–water partition coefficient (Wildman–Crippen LogP) is 4.00. The highest BCUT2D eigenvalue weighted by atomic mass is 35.5. The maximum Gasteiger partial charge on any atom is 0.223 e. The maximum atomic E-state index is 13.5. The second kappa shape index (κ2) is 7.90. The monoisotopic (exact) mass is 441 g/mol. The molecule has 160 valence electrons. The number of nitrogens with one attached hydrogen (secondary N) is 2. The van der Waals surface area contributed by atoms with Crippen molar-refractivity contribution in [1.82, 2.24) is 29.7 Å². The van der Waals surface area contributed by atoms with E-state index in [1.54, 1.807) is 31.6 Å². The molecule has 0 radical (unpaired) electrons.